The van der Waals surface area contributed by atoms with Gasteiger partial charge in [-0.3, -0.25) is 4.79 Å². The van der Waals surface area contributed by atoms with Gasteiger partial charge in [0.1, 0.15) is 12.1 Å². The molecular weight excluding hydrogens is 268 g/mol. The van der Waals surface area contributed by atoms with Crippen molar-refractivity contribution in [3.05, 3.63) is 30.1 Å². The highest BCUT2D eigenvalue weighted by Gasteiger charge is 2.21. The van der Waals surface area contributed by atoms with Gasteiger partial charge in [0.25, 0.3) is 0 Å². The van der Waals surface area contributed by atoms with E-state index in [0.717, 1.165) is 16.9 Å². The minimum absolute atomic E-state index is 0.0611. The fraction of sp³-hybridized carbons (Fsp3) is 0.500. The molecule has 2 rings (SSSR count). The number of fused-ring (bicyclic) bond motifs is 1. The summed E-state index contributed by atoms with van der Waals surface area (Å²) < 4.78 is 8.00. The van der Waals surface area contributed by atoms with Crippen molar-refractivity contribution in [2.75, 3.05) is 0 Å². The van der Waals surface area contributed by atoms with Crippen molar-refractivity contribution in [3.8, 4) is 0 Å². The fourth-order valence-corrected chi connectivity index (χ4v) is 2.46. The van der Waals surface area contributed by atoms with Crippen molar-refractivity contribution < 1.29 is 14.6 Å². The minimum Gasteiger partial charge on any atom is -0.481 e. The monoisotopic (exact) mass is 290 g/mol. The van der Waals surface area contributed by atoms with Gasteiger partial charge in [0.15, 0.2) is 0 Å². The number of para-hydroxylation sites is 2. The Labute approximate surface area is 124 Å². The standard InChI is InChI=1S/C16H22N2O3/c1-11(21-16(2,3)4)18-13-8-6-5-7-12(13)17-14(18)9-10-15(19)20/h5-8,11H,9-10H2,1-4H3,(H,19,20). The zero-order valence-electron chi connectivity index (χ0n) is 13.0. The molecule has 1 heterocycles. The second-order valence-corrected chi connectivity index (χ2v) is 6.11. The maximum Gasteiger partial charge on any atom is 0.303 e. The number of hydrogen-bond donors (Lipinski definition) is 1. The van der Waals surface area contributed by atoms with Crippen LogP contribution in [0.15, 0.2) is 24.3 Å². The molecule has 1 atom stereocenters. The number of carboxylic acids is 1. The van der Waals surface area contributed by atoms with Crippen molar-refractivity contribution in [1.82, 2.24) is 9.55 Å². The molecule has 1 aromatic heterocycles. The van der Waals surface area contributed by atoms with Crippen LogP contribution in [0.2, 0.25) is 0 Å². The van der Waals surface area contributed by atoms with Gasteiger partial charge in [0.05, 0.1) is 23.1 Å². The van der Waals surface area contributed by atoms with Crippen LogP contribution in [0.5, 0.6) is 0 Å². The quantitative estimate of drug-likeness (QED) is 0.916. The first-order valence-corrected chi connectivity index (χ1v) is 7.13. The van der Waals surface area contributed by atoms with Crippen molar-refractivity contribution in [3.63, 3.8) is 0 Å². The van der Waals surface area contributed by atoms with E-state index in [0.29, 0.717) is 6.42 Å². The van der Waals surface area contributed by atoms with E-state index < -0.39 is 5.97 Å². The van der Waals surface area contributed by atoms with E-state index in [9.17, 15) is 4.79 Å². The van der Waals surface area contributed by atoms with E-state index in [1.165, 1.54) is 0 Å². The van der Waals surface area contributed by atoms with Crippen LogP contribution in [0.1, 0.15) is 46.2 Å². The minimum atomic E-state index is -0.821. The van der Waals surface area contributed by atoms with Crippen molar-refractivity contribution >= 4 is 17.0 Å². The molecule has 2 aromatic rings. The number of carboxylic acid groups (broad SMARTS) is 1. The topological polar surface area (TPSA) is 64.3 Å². The smallest absolute Gasteiger partial charge is 0.303 e. The summed E-state index contributed by atoms with van der Waals surface area (Å²) in [6, 6.07) is 7.79. The average Bonchev–Trinajstić information content (AvgIpc) is 2.72. The molecule has 5 nitrogen and oxygen atoms in total. The number of nitrogens with zero attached hydrogens (tertiary/aromatic N) is 2. The molecule has 0 radical (unpaired) electrons. The Morgan fingerprint density at radius 1 is 1.38 bits per heavy atom. The van der Waals surface area contributed by atoms with E-state index in [1.54, 1.807) is 0 Å². The Morgan fingerprint density at radius 2 is 2.05 bits per heavy atom. The highest BCUT2D eigenvalue weighted by atomic mass is 16.5. The number of aliphatic carboxylic acids is 1. The number of aromatic nitrogens is 2. The van der Waals surface area contributed by atoms with Crippen LogP contribution in [-0.2, 0) is 16.0 Å². The summed E-state index contributed by atoms with van der Waals surface area (Å²) in [5.41, 5.74) is 1.55. The van der Waals surface area contributed by atoms with E-state index in [4.69, 9.17) is 9.84 Å². The van der Waals surface area contributed by atoms with Crippen LogP contribution in [-0.4, -0.2) is 26.2 Å². The molecule has 1 aromatic carbocycles. The van der Waals surface area contributed by atoms with Gasteiger partial charge in [-0.1, -0.05) is 12.1 Å². The van der Waals surface area contributed by atoms with Gasteiger partial charge < -0.3 is 14.4 Å². The lowest BCUT2D eigenvalue weighted by atomic mass is 10.2. The van der Waals surface area contributed by atoms with Gasteiger partial charge >= 0.3 is 5.97 Å². The molecular formula is C16H22N2O3. The van der Waals surface area contributed by atoms with Gasteiger partial charge in [-0.2, -0.15) is 0 Å². The van der Waals surface area contributed by atoms with Gasteiger partial charge in [0.2, 0.25) is 0 Å². The van der Waals surface area contributed by atoms with E-state index in [1.807, 2.05) is 56.5 Å². The van der Waals surface area contributed by atoms with Crippen LogP contribution < -0.4 is 0 Å². The number of ether oxygens (including phenoxy) is 1. The first-order valence-electron chi connectivity index (χ1n) is 7.13. The third-order valence-electron chi connectivity index (χ3n) is 3.12. The van der Waals surface area contributed by atoms with Gasteiger partial charge in [-0.05, 0) is 39.8 Å². The molecule has 0 saturated heterocycles. The Bertz CT molecular complexity index is 640. The Hall–Kier alpha value is -1.88. The molecule has 21 heavy (non-hydrogen) atoms. The SMILES string of the molecule is CC(OC(C)(C)C)n1c(CCC(=O)O)nc2ccccc21. The molecule has 0 spiro atoms. The first-order chi connectivity index (χ1) is 9.78. The average molecular weight is 290 g/mol. The predicted octanol–water partition coefficient (Wildman–Crippen LogP) is 3.39. The summed E-state index contributed by atoms with van der Waals surface area (Å²) in [5, 5.41) is 8.90. The lowest BCUT2D eigenvalue weighted by Gasteiger charge is -2.27. The summed E-state index contributed by atoms with van der Waals surface area (Å²) in [4.78, 5) is 15.4. The third-order valence-corrected chi connectivity index (χ3v) is 3.12. The predicted molar refractivity (Wildman–Crippen MR) is 81.2 cm³/mol. The second kappa shape index (κ2) is 5.85. The highest BCUT2D eigenvalue weighted by molar-refractivity contribution is 5.76. The van der Waals surface area contributed by atoms with Crippen LogP contribution in [0, 0.1) is 0 Å². The highest BCUT2D eigenvalue weighted by Crippen LogP contribution is 2.26. The number of carbonyl (C=O) groups is 1. The molecule has 0 saturated carbocycles. The van der Waals surface area contributed by atoms with Crippen molar-refractivity contribution in [2.24, 2.45) is 0 Å². The summed E-state index contributed by atoms with van der Waals surface area (Å²) in [6.07, 6.45) is 0.245. The lowest BCUT2D eigenvalue weighted by Crippen LogP contribution is -2.25. The molecule has 1 N–H and O–H groups in total. The Morgan fingerprint density at radius 3 is 2.67 bits per heavy atom. The third kappa shape index (κ3) is 3.82. The van der Waals surface area contributed by atoms with E-state index in [2.05, 4.69) is 4.98 Å². The summed E-state index contributed by atoms with van der Waals surface area (Å²) in [7, 11) is 0. The number of benzene rings is 1. The molecule has 0 aliphatic rings. The zero-order chi connectivity index (χ0) is 15.6. The van der Waals surface area contributed by atoms with Crippen LogP contribution in [0.4, 0.5) is 0 Å². The Kier molecular flexibility index (Phi) is 4.32. The molecule has 0 bridgehead atoms. The molecule has 0 fully saturated rings. The molecule has 0 aliphatic heterocycles. The fourth-order valence-electron chi connectivity index (χ4n) is 2.46. The lowest BCUT2D eigenvalue weighted by molar-refractivity contribution is -0.137. The molecule has 5 heteroatoms. The zero-order valence-corrected chi connectivity index (χ0v) is 13.0. The summed E-state index contributed by atoms with van der Waals surface area (Å²) in [5.74, 6) is -0.0756. The molecule has 1 unspecified atom stereocenters. The number of imidazole rings is 1. The number of rotatable bonds is 5. The van der Waals surface area contributed by atoms with E-state index in [-0.39, 0.29) is 18.2 Å². The van der Waals surface area contributed by atoms with Crippen LogP contribution in [0.3, 0.4) is 0 Å². The summed E-state index contributed by atoms with van der Waals surface area (Å²) in [6.45, 7) is 7.96. The number of hydrogen-bond acceptors (Lipinski definition) is 3. The van der Waals surface area contributed by atoms with Crippen LogP contribution in [0.25, 0.3) is 11.0 Å². The molecule has 0 amide bonds. The van der Waals surface area contributed by atoms with Crippen molar-refractivity contribution in [2.45, 2.75) is 52.4 Å². The van der Waals surface area contributed by atoms with E-state index >= 15 is 0 Å². The second-order valence-electron chi connectivity index (χ2n) is 6.11. The normalized spacial score (nSPS) is 13.5. The first kappa shape index (κ1) is 15.5. The molecule has 114 valence electrons. The maximum absolute atomic E-state index is 10.8. The largest absolute Gasteiger partial charge is 0.481 e. The number of aryl methyl sites for hydroxylation is 1. The summed E-state index contributed by atoms with van der Waals surface area (Å²) >= 11 is 0. The molecule has 0 aliphatic carbocycles. The Balaban J connectivity index is 2.42. The van der Waals surface area contributed by atoms with Crippen LogP contribution >= 0.6 is 0 Å². The maximum atomic E-state index is 10.8. The van der Waals surface area contributed by atoms with Gasteiger partial charge in [0, 0.05) is 6.42 Å². The van der Waals surface area contributed by atoms with Gasteiger partial charge in [-0.15, -0.1) is 0 Å². The van der Waals surface area contributed by atoms with Gasteiger partial charge in [-0.25, -0.2) is 4.98 Å². The van der Waals surface area contributed by atoms with Crippen molar-refractivity contribution in [1.29, 1.82) is 0 Å².